The van der Waals surface area contributed by atoms with E-state index in [1.54, 1.807) is 48.8 Å². The van der Waals surface area contributed by atoms with E-state index in [0.29, 0.717) is 11.3 Å². The highest BCUT2D eigenvalue weighted by Crippen LogP contribution is 2.10. The monoisotopic (exact) mass is 198 g/mol. The lowest BCUT2D eigenvalue weighted by molar-refractivity contribution is 0.0734. The molecule has 3 heteroatoms. The van der Waals surface area contributed by atoms with Gasteiger partial charge < -0.3 is 4.74 Å². The maximum Gasteiger partial charge on any atom is 0.343 e. The van der Waals surface area contributed by atoms with Crippen molar-refractivity contribution in [3.63, 3.8) is 0 Å². The fraction of sp³-hybridized carbons (Fsp3) is 0. The molecule has 0 aliphatic heterocycles. The Hall–Kier alpha value is -2.16. The Kier molecular flexibility index (Phi) is 2.74. The average molecular weight is 198 g/mol. The lowest BCUT2D eigenvalue weighted by atomic mass is 10.3. The summed E-state index contributed by atoms with van der Waals surface area (Å²) < 4.78 is 5.11. The number of hydrogen-bond donors (Lipinski definition) is 0. The van der Waals surface area contributed by atoms with E-state index in [0.717, 1.165) is 0 Å². The van der Waals surface area contributed by atoms with Crippen LogP contribution in [0.1, 0.15) is 10.4 Å². The molecule has 0 N–H and O–H groups in total. The molecule has 0 aliphatic carbocycles. The molecular weight excluding hydrogens is 190 g/mol. The van der Waals surface area contributed by atoms with Crippen molar-refractivity contribution in [2.75, 3.05) is 0 Å². The van der Waals surface area contributed by atoms with Crippen LogP contribution in [0.15, 0.2) is 48.8 Å². The van der Waals surface area contributed by atoms with Gasteiger partial charge in [0, 0.05) is 12.4 Å². The molecule has 1 aromatic heterocycles. The van der Waals surface area contributed by atoms with E-state index in [2.05, 4.69) is 11.1 Å². The highest BCUT2D eigenvalue weighted by Gasteiger charge is 2.06. The molecule has 0 unspecified atom stereocenters. The average Bonchev–Trinajstić information content (AvgIpc) is 2.31. The summed E-state index contributed by atoms with van der Waals surface area (Å²) in [7, 11) is 0. The highest BCUT2D eigenvalue weighted by atomic mass is 16.5. The number of benzene rings is 1. The summed E-state index contributed by atoms with van der Waals surface area (Å²) in [5, 5.41) is 0. The second-order valence-corrected chi connectivity index (χ2v) is 2.86. The second kappa shape index (κ2) is 4.37. The number of esters is 1. The van der Waals surface area contributed by atoms with E-state index in [1.807, 2.05) is 0 Å². The van der Waals surface area contributed by atoms with Crippen LogP contribution in [0.2, 0.25) is 0 Å². The van der Waals surface area contributed by atoms with Gasteiger partial charge in [-0.3, -0.25) is 4.98 Å². The molecule has 1 aromatic carbocycles. The summed E-state index contributed by atoms with van der Waals surface area (Å²) >= 11 is 0. The standard InChI is InChI=1S/C12H8NO2/c14-12(10-6-8-13-9-7-10)15-11-4-2-1-3-5-11/h2-9H. The number of carbonyl (C=O) groups excluding carboxylic acids is 1. The minimum absolute atomic E-state index is 0.386. The van der Waals surface area contributed by atoms with Crippen molar-refractivity contribution >= 4 is 5.97 Å². The van der Waals surface area contributed by atoms with E-state index in [4.69, 9.17) is 4.74 Å². The highest BCUT2D eigenvalue weighted by molar-refractivity contribution is 5.90. The van der Waals surface area contributed by atoms with Crippen LogP contribution in [0.3, 0.4) is 0 Å². The van der Waals surface area contributed by atoms with Gasteiger partial charge >= 0.3 is 5.97 Å². The maximum atomic E-state index is 11.6. The van der Waals surface area contributed by atoms with Gasteiger partial charge in [0.2, 0.25) is 0 Å². The Labute approximate surface area is 87.3 Å². The summed E-state index contributed by atoms with van der Waals surface area (Å²) in [6, 6.07) is 12.8. The topological polar surface area (TPSA) is 39.2 Å². The molecule has 0 atom stereocenters. The summed E-state index contributed by atoms with van der Waals surface area (Å²) in [6.45, 7) is 0. The first-order chi connectivity index (χ1) is 7.36. The van der Waals surface area contributed by atoms with E-state index >= 15 is 0 Å². The second-order valence-electron chi connectivity index (χ2n) is 2.86. The third kappa shape index (κ3) is 2.40. The largest absolute Gasteiger partial charge is 0.423 e. The first kappa shape index (κ1) is 9.40. The lowest BCUT2D eigenvalue weighted by Gasteiger charge is -2.02. The number of hydrogen-bond acceptors (Lipinski definition) is 3. The van der Waals surface area contributed by atoms with Crippen LogP contribution in [0.4, 0.5) is 0 Å². The molecule has 0 saturated carbocycles. The van der Waals surface area contributed by atoms with Crippen molar-refractivity contribution in [2.45, 2.75) is 0 Å². The minimum Gasteiger partial charge on any atom is -0.423 e. The van der Waals surface area contributed by atoms with Gasteiger partial charge in [-0.25, -0.2) is 4.79 Å². The van der Waals surface area contributed by atoms with E-state index in [-0.39, 0.29) is 5.97 Å². The fourth-order valence-electron chi connectivity index (χ4n) is 1.09. The molecule has 0 spiro atoms. The van der Waals surface area contributed by atoms with Gasteiger partial charge in [0.15, 0.2) is 0 Å². The Morgan fingerprint density at radius 3 is 2.47 bits per heavy atom. The zero-order valence-corrected chi connectivity index (χ0v) is 7.88. The van der Waals surface area contributed by atoms with Crippen molar-refractivity contribution in [1.82, 2.24) is 4.98 Å². The molecule has 2 rings (SSSR count). The van der Waals surface area contributed by atoms with Gasteiger partial charge in [-0.1, -0.05) is 12.1 Å². The van der Waals surface area contributed by atoms with E-state index in [1.165, 1.54) is 0 Å². The maximum absolute atomic E-state index is 11.6. The summed E-state index contributed by atoms with van der Waals surface area (Å²) in [6.07, 6.45) is 3.10. The van der Waals surface area contributed by atoms with Gasteiger partial charge in [0.05, 0.1) is 5.56 Å². The summed E-state index contributed by atoms with van der Waals surface area (Å²) in [5.41, 5.74) is 0.484. The van der Waals surface area contributed by atoms with Crippen LogP contribution in [-0.4, -0.2) is 11.0 Å². The van der Waals surface area contributed by atoms with Crippen LogP contribution in [0.25, 0.3) is 0 Å². The van der Waals surface area contributed by atoms with Crippen LogP contribution in [0, 0.1) is 6.07 Å². The molecule has 73 valence electrons. The summed E-state index contributed by atoms with van der Waals surface area (Å²) in [5.74, 6) is 0.124. The lowest BCUT2D eigenvalue weighted by Crippen LogP contribution is -2.08. The molecule has 3 nitrogen and oxygen atoms in total. The van der Waals surface area contributed by atoms with Gasteiger partial charge in [-0.05, 0) is 30.3 Å². The number of carbonyl (C=O) groups is 1. The molecule has 15 heavy (non-hydrogen) atoms. The Balaban J connectivity index is 2.12. The van der Waals surface area contributed by atoms with E-state index < -0.39 is 0 Å². The predicted octanol–water partition coefficient (Wildman–Crippen LogP) is 2.10. The van der Waals surface area contributed by atoms with Crippen LogP contribution < -0.4 is 4.74 Å². The molecule has 0 bridgehead atoms. The predicted molar refractivity (Wildman–Crippen MR) is 54.5 cm³/mol. The molecule has 0 fully saturated rings. The number of ether oxygens (including phenoxy) is 1. The number of nitrogens with zero attached hydrogens (tertiary/aromatic N) is 1. The van der Waals surface area contributed by atoms with Crippen LogP contribution in [-0.2, 0) is 0 Å². The third-order valence-corrected chi connectivity index (χ3v) is 1.81. The quantitative estimate of drug-likeness (QED) is 0.548. The van der Waals surface area contributed by atoms with Gasteiger partial charge in [-0.15, -0.1) is 0 Å². The fourth-order valence-corrected chi connectivity index (χ4v) is 1.09. The van der Waals surface area contributed by atoms with Gasteiger partial charge in [0.1, 0.15) is 5.75 Å². The van der Waals surface area contributed by atoms with E-state index in [9.17, 15) is 4.79 Å². The normalized spacial score (nSPS) is 9.60. The minimum atomic E-state index is -0.386. The van der Waals surface area contributed by atoms with Crippen LogP contribution >= 0.6 is 0 Å². The molecule has 1 heterocycles. The SMILES string of the molecule is O=C(Oc1cc[c]cc1)c1ccncc1. The Morgan fingerprint density at radius 2 is 1.80 bits per heavy atom. The number of aromatic nitrogens is 1. The molecular formula is C12H8NO2. The van der Waals surface area contributed by atoms with Crippen molar-refractivity contribution in [3.8, 4) is 5.75 Å². The van der Waals surface area contributed by atoms with Crippen molar-refractivity contribution in [1.29, 1.82) is 0 Å². The molecule has 0 aliphatic rings. The van der Waals surface area contributed by atoms with Crippen molar-refractivity contribution in [2.24, 2.45) is 0 Å². The van der Waals surface area contributed by atoms with Crippen molar-refractivity contribution in [3.05, 3.63) is 60.4 Å². The van der Waals surface area contributed by atoms with Gasteiger partial charge in [-0.2, -0.15) is 0 Å². The summed E-state index contributed by atoms with van der Waals surface area (Å²) in [4.78, 5) is 15.4. The molecule has 2 aromatic rings. The van der Waals surface area contributed by atoms with Gasteiger partial charge in [0.25, 0.3) is 0 Å². The smallest absolute Gasteiger partial charge is 0.343 e. The number of rotatable bonds is 2. The first-order valence-electron chi connectivity index (χ1n) is 4.44. The van der Waals surface area contributed by atoms with Crippen LogP contribution in [0.5, 0.6) is 5.75 Å². The Bertz CT molecular complexity index is 440. The molecule has 0 amide bonds. The zero-order chi connectivity index (χ0) is 10.5. The number of pyridine rings is 1. The molecule has 1 radical (unpaired) electrons. The molecule has 0 saturated heterocycles. The van der Waals surface area contributed by atoms with Crippen molar-refractivity contribution < 1.29 is 9.53 Å². The zero-order valence-electron chi connectivity index (χ0n) is 7.88. The Morgan fingerprint density at radius 1 is 1.13 bits per heavy atom. The first-order valence-corrected chi connectivity index (χ1v) is 4.44. The third-order valence-electron chi connectivity index (χ3n) is 1.81.